The Hall–Kier alpha value is -1.35. The molecule has 0 spiro atoms. The average molecular weight is 310 g/mol. The van der Waals surface area contributed by atoms with Crippen molar-refractivity contribution < 1.29 is 4.79 Å². The Morgan fingerprint density at radius 2 is 1.80 bits per heavy atom. The van der Waals surface area contributed by atoms with Crippen LogP contribution in [0.1, 0.15) is 15.9 Å². The molecule has 0 aliphatic heterocycles. The van der Waals surface area contributed by atoms with E-state index in [2.05, 4.69) is 12.1 Å². The topological polar surface area (TPSA) is 20.3 Å². The van der Waals surface area contributed by atoms with Gasteiger partial charge in [-0.05, 0) is 24.7 Å². The number of carbonyl (C=O) groups is 1. The second-order valence-corrected chi connectivity index (χ2v) is 5.03. The van der Waals surface area contributed by atoms with Gasteiger partial charge >= 0.3 is 0 Å². The van der Waals surface area contributed by atoms with Crippen molar-refractivity contribution in [2.45, 2.75) is 6.54 Å². The maximum atomic E-state index is 12.1. The number of hydrogen-bond acceptors (Lipinski definition) is 2. The predicted molar refractivity (Wildman–Crippen MR) is 85.8 cm³/mol. The third kappa shape index (κ3) is 4.97. The van der Waals surface area contributed by atoms with Gasteiger partial charge in [-0.3, -0.25) is 9.69 Å². The van der Waals surface area contributed by atoms with Gasteiger partial charge in [0, 0.05) is 17.1 Å². The molecule has 0 saturated carbocycles. The minimum absolute atomic E-state index is 0. The van der Waals surface area contributed by atoms with Gasteiger partial charge in [-0.25, -0.2) is 0 Å². The molecule has 20 heavy (non-hydrogen) atoms. The van der Waals surface area contributed by atoms with Crippen LogP contribution in [0.5, 0.6) is 0 Å². The minimum atomic E-state index is 0. The van der Waals surface area contributed by atoms with Crippen LogP contribution < -0.4 is 0 Å². The molecule has 0 aliphatic carbocycles. The number of hydrogen-bond donors (Lipinski definition) is 0. The summed E-state index contributed by atoms with van der Waals surface area (Å²) >= 11 is 5.89. The molecular weight excluding hydrogens is 293 g/mol. The summed E-state index contributed by atoms with van der Waals surface area (Å²) in [6.45, 7) is 1.14. The lowest BCUT2D eigenvalue weighted by Gasteiger charge is -2.15. The second-order valence-electron chi connectivity index (χ2n) is 4.59. The molecule has 2 aromatic carbocycles. The molecule has 0 amide bonds. The smallest absolute Gasteiger partial charge is 0.176 e. The van der Waals surface area contributed by atoms with Crippen molar-refractivity contribution in [3.8, 4) is 0 Å². The van der Waals surface area contributed by atoms with Gasteiger partial charge in [-0.2, -0.15) is 0 Å². The number of ketones is 1. The first-order chi connectivity index (χ1) is 9.15. The molecular formula is C16H17Cl2NO. The Balaban J connectivity index is 0.00000200. The summed E-state index contributed by atoms with van der Waals surface area (Å²) < 4.78 is 0. The van der Waals surface area contributed by atoms with Crippen LogP contribution in [0, 0.1) is 0 Å². The van der Waals surface area contributed by atoms with Crippen molar-refractivity contribution in [1.82, 2.24) is 4.90 Å². The SMILES string of the molecule is CN(CC(=O)c1cccc(Cl)c1)Cc1ccccc1.Cl. The Kier molecular flexibility index (Phi) is 6.73. The maximum Gasteiger partial charge on any atom is 0.176 e. The molecule has 2 nitrogen and oxygen atoms in total. The lowest BCUT2D eigenvalue weighted by atomic mass is 10.1. The zero-order chi connectivity index (χ0) is 13.7. The quantitative estimate of drug-likeness (QED) is 0.776. The minimum Gasteiger partial charge on any atom is -0.295 e. The number of benzene rings is 2. The normalized spacial score (nSPS) is 10.2. The molecule has 0 aromatic heterocycles. The average Bonchev–Trinajstić information content (AvgIpc) is 2.39. The molecule has 2 aromatic rings. The van der Waals surface area contributed by atoms with Crippen molar-refractivity contribution in [3.63, 3.8) is 0 Å². The largest absolute Gasteiger partial charge is 0.295 e. The summed E-state index contributed by atoms with van der Waals surface area (Å²) in [4.78, 5) is 14.1. The van der Waals surface area contributed by atoms with Gasteiger partial charge in [0.2, 0.25) is 0 Å². The fourth-order valence-electron chi connectivity index (χ4n) is 1.95. The molecule has 0 N–H and O–H groups in total. The van der Waals surface area contributed by atoms with Gasteiger partial charge < -0.3 is 0 Å². The summed E-state index contributed by atoms with van der Waals surface area (Å²) in [5.41, 5.74) is 1.86. The maximum absolute atomic E-state index is 12.1. The van der Waals surface area contributed by atoms with Gasteiger partial charge in [0.05, 0.1) is 6.54 Å². The zero-order valence-electron chi connectivity index (χ0n) is 11.3. The van der Waals surface area contributed by atoms with Crippen LogP contribution >= 0.6 is 24.0 Å². The molecule has 106 valence electrons. The first kappa shape index (κ1) is 16.7. The van der Waals surface area contributed by atoms with E-state index in [0.29, 0.717) is 17.1 Å². The van der Waals surface area contributed by atoms with Crippen LogP contribution in [-0.4, -0.2) is 24.3 Å². The number of likely N-dealkylation sites (N-methyl/N-ethyl adjacent to an activating group) is 1. The van der Waals surface area contributed by atoms with E-state index < -0.39 is 0 Å². The fraction of sp³-hybridized carbons (Fsp3) is 0.188. The van der Waals surface area contributed by atoms with E-state index in [1.54, 1.807) is 24.3 Å². The van der Waals surface area contributed by atoms with Gasteiger partial charge in [0.15, 0.2) is 5.78 Å². The van der Waals surface area contributed by atoms with E-state index in [-0.39, 0.29) is 18.2 Å². The lowest BCUT2D eigenvalue weighted by Crippen LogP contribution is -2.25. The van der Waals surface area contributed by atoms with E-state index >= 15 is 0 Å². The number of Topliss-reactive ketones (excluding diaryl/α,β-unsaturated/α-hetero) is 1. The Bertz CT molecular complexity index is 557. The summed E-state index contributed by atoms with van der Waals surface area (Å²) in [6.07, 6.45) is 0. The van der Waals surface area contributed by atoms with Gasteiger partial charge in [-0.15, -0.1) is 12.4 Å². The molecule has 0 unspecified atom stereocenters. The Morgan fingerprint density at radius 1 is 1.10 bits per heavy atom. The molecule has 0 saturated heterocycles. The van der Waals surface area contributed by atoms with E-state index in [0.717, 1.165) is 6.54 Å². The Labute approximate surface area is 130 Å². The summed E-state index contributed by atoms with van der Waals surface area (Å²) in [5, 5.41) is 0.594. The highest BCUT2D eigenvalue weighted by atomic mass is 35.5. The molecule has 4 heteroatoms. The number of carbonyl (C=O) groups excluding carboxylic acids is 1. The molecule has 2 rings (SSSR count). The van der Waals surface area contributed by atoms with Crippen LogP contribution in [0.15, 0.2) is 54.6 Å². The van der Waals surface area contributed by atoms with Crippen molar-refractivity contribution in [2.75, 3.05) is 13.6 Å². The molecule has 0 aliphatic rings. The van der Waals surface area contributed by atoms with Crippen molar-refractivity contribution in [2.24, 2.45) is 0 Å². The van der Waals surface area contributed by atoms with Crippen LogP contribution in [0.3, 0.4) is 0 Å². The zero-order valence-corrected chi connectivity index (χ0v) is 12.8. The number of rotatable bonds is 5. The van der Waals surface area contributed by atoms with Crippen molar-refractivity contribution in [3.05, 3.63) is 70.7 Å². The van der Waals surface area contributed by atoms with Gasteiger partial charge in [0.1, 0.15) is 0 Å². The highest BCUT2D eigenvalue weighted by Crippen LogP contribution is 2.12. The van der Waals surface area contributed by atoms with E-state index in [4.69, 9.17) is 11.6 Å². The molecule has 0 bridgehead atoms. The Morgan fingerprint density at radius 3 is 2.45 bits per heavy atom. The van der Waals surface area contributed by atoms with Gasteiger partial charge in [0.25, 0.3) is 0 Å². The van der Waals surface area contributed by atoms with E-state index in [9.17, 15) is 4.79 Å². The molecule has 0 heterocycles. The van der Waals surface area contributed by atoms with E-state index in [1.165, 1.54) is 5.56 Å². The molecule has 0 fully saturated rings. The van der Waals surface area contributed by atoms with Crippen LogP contribution in [0.2, 0.25) is 5.02 Å². The molecule has 0 atom stereocenters. The third-order valence-corrected chi connectivity index (χ3v) is 3.09. The van der Waals surface area contributed by atoms with Gasteiger partial charge in [-0.1, -0.05) is 54.1 Å². The second kappa shape index (κ2) is 8.05. The van der Waals surface area contributed by atoms with Crippen LogP contribution in [0.25, 0.3) is 0 Å². The monoisotopic (exact) mass is 309 g/mol. The third-order valence-electron chi connectivity index (χ3n) is 2.86. The number of nitrogens with zero attached hydrogens (tertiary/aromatic N) is 1. The first-order valence-corrected chi connectivity index (χ1v) is 6.54. The fourth-order valence-corrected chi connectivity index (χ4v) is 2.14. The summed E-state index contributed by atoms with van der Waals surface area (Å²) in [6, 6.07) is 17.2. The van der Waals surface area contributed by atoms with Crippen LogP contribution in [-0.2, 0) is 6.54 Å². The van der Waals surface area contributed by atoms with E-state index in [1.807, 2.05) is 30.1 Å². The molecule has 0 radical (unpaired) electrons. The highest BCUT2D eigenvalue weighted by molar-refractivity contribution is 6.31. The summed E-state index contributed by atoms with van der Waals surface area (Å²) in [7, 11) is 1.94. The predicted octanol–water partition coefficient (Wildman–Crippen LogP) is 4.08. The lowest BCUT2D eigenvalue weighted by molar-refractivity contribution is 0.0943. The highest BCUT2D eigenvalue weighted by Gasteiger charge is 2.09. The summed E-state index contributed by atoms with van der Waals surface area (Å²) in [5.74, 6) is 0.0842. The standard InChI is InChI=1S/C16H16ClNO.ClH/c1-18(11-13-6-3-2-4-7-13)12-16(19)14-8-5-9-15(17)10-14;/h2-10H,11-12H2,1H3;1H. The van der Waals surface area contributed by atoms with Crippen molar-refractivity contribution >= 4 is 29.8 Å². The van der Waals surface area contributed by atoms with Crippen LogP contribution in [0.4, 0.5) is 0 Å². The number of halogens is 2. The van der Waals surface area contributed by atoms with Crippen molar-refractivity contribution in [1.29, 1.82) is 0 Å². The first-order valence-electron chi connectivity index (χ1n) is 6.16.